The van der Waals surface area contributed by atoms with Crippen LogP contribution in [-0.4, -0.2) is 22.2 Å². The van der Waals surface area contributed by atoms with Crippen LogP contribution in [-0.2, 0) is 11.2 Å². The van der Waals surface area contributed by atoms with E-state index in [-0.39, 0.29) is 18.1 Å². The number of hydrogen-bond acceptors (Lipinski definition) is 3. The number of carbonyl (C=O) groups is 1. The molecule has 0 fully saturated rings. The van der Waals surface area contributed by atoms with Gasteiger partial charge in [-0.1, -0.05) is 34.1 Å². The van der Waals surface area contributed by atoms with Gasteiger partial charge in [0.25, 0.3) is 0 Å². The molecule has 0 aliphatic rings. The molecular formula is C17H14BrN3O2. The fourth-order valence-corrected chi connectivity index (χ4v) is 2.67. The number of carbonyl (C=O) groups excluding carboxylic acids is 1. The summed E-state index contributed by atoms with van der Waals surface area (Å²) in [4.78, 5) is 15.1. The number of halogens is 1. The summed E-state index contributed by atoms with van der Waals surface area (Å²) in [5, 5.41) is 14.6. The molecule has 6 heteroatoms. The van der Waals surface area contributed by atoms with Crippen LogP contribution in [0.15, 0.2) is 58.2 Å². The van der Waals surface area contributed by atoms with Crippen LogP contribution in [0.1, 0.15) is 11.1 Å². The number of H-pyrrole nitrogens is 1. The number of nitrogens with zero attached hydrogens (tertiary/aromatic N) is 1. The van der Waals surface area contributed by atoms with Crippen molar-refractivity contribution in [2.75, 3.05) is 0 Å². The van der Waals surface area contributed by atoms with Gasteiger partial charge in [-0.15, -0.1) is 0 Å². The fourth-order valence-electron chi connectivity index (χ4n) is 2.29. The van der Waals surface area contributed by atoms with Crippen molar-refractivity contribution in [2.45, 2.75) is 6.42 Å². The van der Waals surface area contributed by atoms with Crippen LogP contribution in [0.25, 0.3) is 10.9 Å². The number of fused-ring (bicyclic) bond motifs is 1. The van der Waals surface area contributed by atoms with E-state index < -0.39 is 0 Å². The number of aromatic hydroxyl groups is 1. The van der Waals surface area contributed by atoms with Gasteiger partial charge in [0, 0.05) is 27.1 Å². The van der Waals surface area contributed by atoms with E-state index in [0.717, 1.165) is 20.9 Å². The molecule has 0 saturated carbocycles. The molecule has 116 valence electrons. The van der Waals surface area contributed by atoms with Gasteiger partial charge < -0.3 is 10.1 Å². The largest absolute Gasteiger partial charge is 0.507 e. The zero-order valence-corrected chi connectivity index (χ0v) is 13.7. The van der Waals surface area contributed by atoms with E-state index in [4.69, 9.17) is 0 Å². The Hall–Kier alpha value is -2.60. The number of nitrogens with one attached hydrogen (secondary N) is 2. The van der Waals surface area contributed by atoms with Crippen molar-refractivity contribution >= 4 is 39.0 Å². The van der Waals surface area contributed by atoms with Crippen molar-refractivity contribution in [3.05, 3.63) is 64.3 Å². The molecule has 1 amide bonds. The van der Waals surface area contributed by atoms with Crippen molar-refractivity contribution < 1.29 is 9.90 Å². The fraction of sp³-hybridized carbons (Fsp3) is 0.0588. The smallest absolute Gasteiger partial charge is 0.244 e. The number of rotatable bonds is 4. The summed E-state index contributed by atoms with van der Waals surface area (Å²) in [6.45, 7) is 0. The lowest BCUT2D eigenvalue weighted by Crippen LogP contribution is -2.19. The minimum Gasteiger partial charge on any atom is -0.507 e. The highest BCUT2D eigenvalue weighted by Crippen LogP contribution is 2.20. The van der Waals surface area contributed by atoms with Crippen LogP contribution in [0.5, 0.6) is 5.75 Å². The Labute approximate surface area is 141 Å². The van der Waals surface area contributed by atoms with E-state index in [1.807, 2.05) is 30.5 Å². The minimum atomic E-state index is -0.222. The summed E-state index contributed by atoms with van der Waals surface area (Å²) < 4.78 is 0.821. The van der Waals surface area contributed by atoms with Crippen LogP contribution in [0.2, 0.25) is 0 Å². The van der Waals surface area contributed by atoms with Crippen LogP contribution < -0.4 is 5.43 Å². The third-order valence-corrected chi connectivity index (χ3v) is 3.90. The van der Waals surface area contributed by atoms with Crippen molar-refractivity contribution in [1.29, 1.82) is 0 Å². The predicted octanol–water partition coefficient (Wildman–Crippen LogP) is 3.33. The van der Waals surface area contributed by atoms with E-state index in [1.54, 1.807) is 18.2 Å². The number of hydrogen-bond donors (Lipinski definition) is 3. The lowest BCUT2D eigenvalue weighted by molar-refractivity contribution is -0.120. The number of amides is 1. The molecule has 0 radical (unpaired) electrons. The maximum absolute atomic E-state index is 12.0. The topological polar surface area (TPSA) is 77.5 Å². The van der Waals surface area contributed by atoms with E-state index in [9.17, 15) is 9.90 Å². The quantitative estimate of drug-likeness (QED) is 0.485. The second-order valence-corrected chi connectivity index (χ2v) is 5.95. The highest BCUT2D eigenvalue weighted by atomic mass is 79.9. The molecule has 0 saturated heterocycles. The third-order valence-electron chi connectivity index (χ3n) is 3.41. The molecule has 0 spiro atoms. The van der Waals surface area contributed by atoms with E-state index >= 15 is 0 Å². The van der Waals surface area contributed by atoms with Gasteiger partial charge in [-0.05, 0) is 29.8 Å². The molecule has 1 aromatic heterocycles. The summed E-state index contributed by atoms with van der Waals surface area (Å²) in [7, 11) is 0. The number of benzene rings is 2. The van der Waals surface area contributed by atoms with Gasteiger partial charge >= 0.3 is 0 Å². The summed E-state index contributed by atoms with van der Waals surface area (Å²) in [6.07, 6.45) is 3.47. The summed E-state index contributed by atoms with van der Waals surface area (Å²) >= 11 is 3.32. The molecule has 3 aromatic rings. The first-order valence-electron chi connectivity index (χ1n) is 6.99. The van der Waals surface area contributed by atoms with Gasteiger partial charge in [0.1, 0.15) is 5.75 Å². The highest BCUT2D eigenvalue weighted by Gasteiger charge is 2.07. The van der Waals surface area contributed by atoms with Gasteiger partial charge in [0.15, 0.2) is 0 Å². The van der Waals surface area contributed by atoms with E-state index in [1.165, 1.54) is 6.21 Å². The van der Waals surface area contributed by atoms with Gasteiger partial charge in [-0.2, -0.15) is 5.10 Å². The van der Waals surface area contributed by atoms with Crippen LogP contribution in [0, 0.1) is 0 Å². The van der Waals surface area contributed by atoms with E-state index in [2.05, 4.69) is 31.4 Å². The zero-order valence-electron chi connectivity index (χ0n) is 12.1. The zero-order chi connectivity index (χ0) is 16.2. The summed E-state index contributed by atoms with van der Waals surface area (Å²) in [5.74, 6) is -0.122. The van der Waals surface area contributed by atoms with Gasteiger partial charge in [-0.3, -0.25) is 4.79 Å². The molecule has 1 heterocycles. The molecule has 0 bridgehead atoms. The molecular weight excluding hydrogens is 358 g/mol. The van der Waals surface area contributed by atoms with Crippen molar-refractivity contribution in [2.24, 2.45) is 5.10 Å². The highest BCUT2D eigenvalue weighted by molar-refractivity contribution is 9.10. The van der Waals surface area contributed by atoms with Crippen molar-refractivity contribution in [1.82, 2.24) is 10.4 Å². The average Bonchev–Trinajstić information content (AvgIpc) is 2.94. The van der Waals surface area contributed by atoms with Crippen LogP contribution >= 0.6 is 15.9 Å². The lowest BCUT2D eigenvalue weighted by atomic mass is 10.1. The monoisotopic (exact) mass is 371 g/mol. The Morgan fingerprint density at radius 2 is 2.13 bits per heavy atom. The molecule has 3 N–H and O–H groups in total. The Morgan fingerprint density at radius 1 is 1.30 bits per heavy atom. The Bertz CT molecular complexity index is 886. The number of phenols is 1. The first-order valence-corrected chi connectivity index (χ1v) is 7.78. The Kier molecular flexibility index (Phi) is 4.43. The van der Waals surface area contributed by atoms with Crippen LogP contribution in [0.4, 0.5) is 0 Å². The first kappa shape index (κ1) is 15.3. The molecule has 0 unspecified atom stereocenters. The molecule has 3 rings (SSSR count). The second kappa shape index (κ2) is 6.66. The molecule has 0 aliphatic heterocycles. The Morgan fingerprint density at radius 3 is 3.00 bits per heavy atom. The van der Waals surface area contributed by atoms with Crippen LogP contribution in [0.3, 0.4) is 0 Å². The molecule has 0 aliphatic carbocycles. The molecule has 5 nitrogen and oxygen atoms in total. The summed E-state index contributed by atoms with van der Waals surface area (Å²) in [5.41, 5.74) is 4.90. The Balaban J connectivity index is 1.66. The first-order chi connectivity index (χ1) is 11.1. The summed E-state index contributed by atoms with van der Waals surface area (Å²) in [6, 6.07) is 12.8. The van der Waals surface area contributed by atoms with Crippen molar-refractivity contribution in [3.63, 3.8) is 0 Å². The molecule has 0 atom stereocenters. The third kappa shape index (κ3) is 3.60. The average molecular weight is 372 g/mol. The maximum Gasteiger partial charge on any atom is 0.244 e. The normalized spacial score (nSPS) is 11.2. The maximum atomic E-state index is 12.0. The number of phenolic OH excluding ortho intramolecular Hbond substituents is 1. The number of aromatic nitrogens is 1. The lowest BCUT2D eigenvalue weighted by Gasteiger charge is -2.01. The minimum absolute atomic E-state index is 0.0998. The van der Waals surface area contributed by atoms with E-state index in [0.29, 0.717) is 5.56 Å². The molecule has 2 aromatic carbocycles. The van der Waals surface area contributed by atoms with Gasteiger partial charge in [-0.25, -0.2) is 5.43 Å². The molecule has 23 heavy (non-hydrogen) atoms. The number of hydrazone groups is 1. The standard InChI is InChI=1S/C17H14BrN3O2/c18-13-5-6-16(22)12(7-13)10-20-21-17(23)8-11-9-19-15-4-2-1-3-14(11)15/h1-7,9-10,19,22H,8H2,(H,21,23)/b20-10-. The number of para-hydroxylation sites is 1. The predicted molar refractivity (Wildman–Crippen MR) is 93.5 cm³/mol. The van der Waals surface area contributed by atoms with Gasteiger partial charge in [0.05, 0.1) is 12.6 Å². The second-order valence-electron chi connectivity index (χ2n) is 5.03. The van der Waals surface area contributed by atoms with Crippen molar-refractivity contribution in [3.8, 4) is 5.75 Å². The SMILES string of the molecule is O=C(Cc1c[nH]c2ccccc12)N/N=C\c1cc(Br)ccc1O. The van der Waals surface area contributed by atoms with Gasteiger partial charge in [0.2, 0.25) is 5.91 Å². The number of aromatic amines is 1.